The van der Waals surface area contributed by atoms with Crippen LogP contribution in [0.15, 0.2) is 33.5 Å². The van der Waals surface area contributed by atoms with Crippen LogP contribution in [0.2, 0.25) is 0 Å². The van der Waals surface area contributed by atoms with Crippen LogP contribution < -0.4 is 5.69 Å². The normalized spacial score (nSPS) is 17.4. The molecule has 2 N–H and O–H groups in total. The molecule has 1 aliphatic heterocycles. The third kappa shape index (κ3) is 4.50. The Balaban J connectivity index is 1.81. The number of rotatable bonds is 7. The number of hydrogen-bond acceptors (Lipinski definition) is 4. The maximum absolute atomic E-state index is 13.4. The largest absolute Gasteiger partial charge is 0.396 e. The average Bonchev–Trinajstić information content (AvgIpc) is 3.05. The molecule has 1 aliphatic rings. The topological polar surface area (TPSA) is 91.2 Å². The average molecular weight is 437 g/mol. The van der Waals surface area contributed by atoms with Crippen LogP contribution in [0.4, 0.5) is 0 Å². The number of halogens is 1. The van der Waals surface area contributed by atoms with Gasteiger partial charge in [0.15, 0.2) is 0 Å². The number of aromatic nitrogens is 3. The van der Waals surface area contributed by atoms with Gasteiger partial charge in [-0.1, -0.05) is 34.1 Å². The van der Waals surface area contributed by atoms with Gasteiger partial charge in [-0.05, 0) is 37.8 Å². The molecule has 1 aromatic carbocycles. The lowest BCUT2D eigenvalue weighted by Gasteiger charge is -2.34. The van der Waals surface area contributed by atoms with Gasteiger partial charge in [0.2, 0.25) is 5.91 Å². The van der Waals surface area contributed by atoms with Gasteiger partial charge in [-0.3, -0.25) is 9.36 Å². The first kappa shape index (κ1) is 19.8. The van der Waals surface area contributed by atoms with Crippen molar-refractivity contribution in [2.24, 2.45) is 5.92 Å². The van der Waals surface area contributed by atoms with Gasteiger partial charge in [0.05, 0.1) is 5.92 Å². The third-order valence-corrected chi connectivity index (χ3v) is 5.97. The molecule has 0 bridgehead atoms. The number of benzene rings is 1. The summed E-state index contributed by atoms with van der Waals surface area (Å²) in [5, 5.41) is 15.7. The van der Waals surface area contributed by atoms with Gasteiger partial charge in [0, 0.05) is 36.6 Å². The second-order valence-corrected chi connectivity index (χ2v) is 7.92. The van der Waals surface area contributed by atoms with Gasteiger partial charge in [0.25, 0.3) is 0 Å². The van der Waals surface area contributed by atoms with E-state index >= 15 is 0 Å². The summed E-state index contributed by atoms with van der Waals surface area (Å²) >= 11 is 3.56. The first-order valence-corrected chi connectivity index (χ1v) is 10.1. The zero-order chi connectivity index (χ0) is 19.4. The Morgan fingerprint density at radius 2 is 2.26 bits per heavy atom. The van der Waals surface area contributed by atoms with Crippen molar-refractivity contribution in [3.8, 4) is 0 Å². The molecule has 8 heteroatoms. The fraction of sp³-hybridized carbons (Fsp3) is 0.526. The Labute approximate surface area is 166 Å². The van der Waals surface area contributed by atoms with E-state index < -0.39 is 0 Å². The van der Waals surface area contributed by atoms with Crippen molar-refractivity contribution in [1.29, 1.82) is 0 Å². The molecular weight excluding hydrogens is 412 g/mol. The highest BCUT2D eigenvalue weighted by Gasteiger charge is 2.32. The molecule has 1 amide bonds. The SMILES string of the molecule is CC(CCCO)N(Cc1ccccc1Br)C(=O)C1CCc2n[nH]c(=O)n2C1. The number of nitrogens with zero attached hydrogens (tertiary/aromatic N) is 3. The van der Waals surface area contributed by atoms with E-state index in [2.05, 4.69) is 26.1 Å². The van der Waals surface area contributed by atoms with E-state index in [1.165, 1.54) is 0 Å². The van der Waals surface area contributed by atoms with E-state index in [1.54, 1.807) is 4.57 Å². The number of aryl methyl sites for hydroxylation is 1. The van der Waals surface area contributed by atoms with Crippen LogP contribution in [0.25, 0.3) is 0 Å². The molecular formula is C19H25BrN4O3. The maximum Gasteiger partial charge on any atom is 0.343 e. The fourth-order valence-corrected chi connectivity index (χ4v) is 3.99. The number of carbonyl (C=O) groups excluding carboxylic acids is 1. The molecule has 2 aromatic rings. The standard InChI is InChI=1S/C19H25BrN4O3/c1-13(5-4-10-25)23(11-14-6-2-3-7-16(14)20)18(26)15-8-9-17-21-22-19(27)24(17)12-15/h2-3,6-7,13,15,25H,4-5,8-12H2,1H3,(H,22,27). The number of amides is 1. The van der Waals surface area contributed by atoms with Gasteiger partial charge in [0.1, 0.15) is 5.82 Å². The molecule has 2 atom stereocenters. The van der Waals surface area contributed by atoms with Crippen LogP contribution in [0.5, 0.6) is 0 Å². The molecule has 0 spiro atoms. The van der Waals surface area contributed by atoms with Gasteiger partial charge in [-0.15, -0.1) is 0 Å². The van der Waals surface area contributed by atoms with Crippen LogP contribution in [0, 0.1) is 5.92 Å². The molecule has 27 heavy (non-hydrogen) atoms. The summed E-state index contributed by atoms with van der Waals surface area (Å²) < 4.78 is 2.54. The molecule has 146 valence electrons. The van der Waals surface area contributed by atoms with Crippen molar-refractivity contribution in [2.75, 3.05) is 6.61 Å². The number of carbonyl (C=O) groups is 1. The van der Waals surface area contributed by atoms with Crippen molar-refractivity contribution in [3.63, 3.8) is 0 Å². The van der Waals surface area contributed by atoms with Crippen LogP contribution in [0.1, 0.15) is 37.6 Å². The minimum Gasteiger partial charge on any atom is -0.396 e. The Kier molecular flexibility index (Phi) is 6.49. The van der Waals surface area contributed by atoms with E-state index in [4.69, 9.17) is 0 Å². The van der Waals surface area contributed by atoms with Crippen molar-refractivity contribution >= 4 is 21.8 Å². The Hall–Kier alpha value is -1.93. The van der Waals surface area contributed by atoms with Crippen LogP contribution in [-0.2, 0) is 24.3 Å². The van der Waals surface area contributed by atoms with Crippen LogP contribution >= 0.6 is 15.9 Å². The lowest BCUT2D eigenvalue weighted by Crippen LogP contribution is -2.45. The number of fused-ring (bicyclic) bond motifs is 1. The minimum atomic E-state index is -0.256. The zero-order valence-corrected chi connectivity index (χ0v) is 17.0. The third-order valence-electron chi connectivity index (χ3n) is 5.20. The highest BCUT2D eigenvalue weighted by atomic mass is 79.9. The highest BCUT2D eigenvalue weighted by molar-refractivity contribution is 9.10. The molecule has 3 rings (SSSR count). The number of hydrogen-bond donors (Lipinski definition) is 2. The number of H-pyrrole nitrogens is 1. The number of nitrogens with one attached hydrogen (secondary N) is 1. The quantitative estimate of drug-likeness (QED) is 0.694. The Bertz CT molecular complexity index is 847. The second-order valence-electron chi connectivity index (χ2n) is 7.06. The van der Waals surface area contributed by atoms with Gasteiger partial charge < -0.3 is 10.0 Å². The van der Waals surface area contributed by atoms with E-state index in [0.717, 1.165) is 22.3 Å². The Morgan fingerprint density at radius 1 is 1.48 bits per heavy atom. The molecule has 0 fully saturated rings. The second kappa shape index (κ2) is 8.84. The summed E-state index contributed by atoms with van der Waals surface area (Å²) in [6.45, 7) is 2.99. The molecule has 0 radical (unpaired) electrons. The smallest absolute Gasteiger partial charge is 0.343 e. The van der Waals surface area contributed by atoms with E-state index in [0.29, 0.717) is 32.4 Å². The molecule has 0 aliphatic carbocycles. The predicted octanol–water partition coefficient (Wildman–Crippen LogP) is 2.09. The molecule has 2 heterocycles. The van der Waals surface area contributed by atoms with Crippen molar-refractivity contribution in [3.05, 3.63) is 50.6 Å². The van der Waals surface area contributed by atoms with E-state index in [1.807, 2.05) is 36.1 Å². The Morgan fingerprint density at radius 3 is 3.00 bits per heavy atom. The number of aliphatic hydroxyl groups is 1. The molecule has 0 saturated carbocycles. The van der Waals surface area contributed by atoms with Gasteiger partial charge in [-0.2, -0.15) is 5.10 Å². The predicted molar refractivity (Wildman–Crippen MR) is 105 cm³/mol. The summed E-state index contributed by atoms with van der Waals surface area (Å²) in [7, 11) is 0. The van der Waals surface area contributed by atoms with E-state index in [-0.39, 0.29) is 30.2 Å². The summed E-state index contributed by atoms with van der Waals surface area (Å²) in [5.74, 6) is 0.525. The van der Waals surface area contributed by atoms with Crippen LogP contribution in [-0.4, -0.2) is 43.3 Å². The molecule has 7 nitrogen and oxygen atoms in total. The highest BCUT2D eigenvalue weighted by Crippen LogP contribution is 2.25. The first-order chi connectivity index (χ1) is 13.0. The van der Waals surface area contributed by atoms with Crippen molar-refractivity contribution < 1.29 is 9.90 Å². The van der Waals surface area contributed by atoms with E-state index in [9.17, 15) is 14.7 Å². The lowest BCUT2D eigenvalue weighted by atomic mass is 9.96. The number of aliphatic hydroxyl groups excluding tert-OH is 1. The maximum atomic E-state index is 13.4. The van der Waals surface area contributed by atoms with Gasteiger partial charge in [-0.25, -0.2) is 9.89 Å². The molecule has 0 saturated heterocycles. The first-order valence-electron chi connectivity index (χ1n) is 9.30. The summed E-state index contributed by atoms with van der Waals surface area (Å²) in [6, 6.07) is 7.87. The van der Waals surface area contributed by atoms with Crippen LogP contribution in [0.3, 0.4) is 0 Å². The van der Waals surface area contributed by atoms with Crippen molar-refractivity contribution in [1.82, 2.24) is 19.7 Å². The zero-order valence-electron chi connectivity index (χ0n) is 15.4. The summed E-state index contributed by atoms with van der Waals surface area (Å²) in [4.78, 5) is 27.1. The minimum absolute atomic E-state index is 0.000718. The summed E-state index contributed by atoms with van der Waals surface area (Å²) in [5.41, 5.74) is 0.784. The fourth-order valence-electron chi connectivity index (χ4n) is 3.58. The number of aromatic amines is 1. The molecule has 2 unspecified atom stereocenters. The van der Waals surface area contributed by atoms with Crippen molar-refractivity contribution in [2.45, 2.75) is 51.7 Å². The monoisotopic (exact) mass is 436 g/mol. The lowest BCUT2D eigenvalue weighted by molar-refractivity contribution is -0.139. The summed E-state index contributed by atoms with van der Waals surface area (Å²) in [6.07, 6.45) is 2.68. The van der Waals surface area contributed by atoms with Gasteiger partial charge >= 0.3 is 5.69 Å². The molecule has 1 aromatic heterocycles.